The molecule has 0 spiro atoms. The second-order valence-electron chi connectivity index (χ2n) is 16.8. The molecule has 0 aliphatic rings. The van der Waals surface area contributed by atoms with Crippen LogP contribution < -0.4 is 0 Å². The summed E-state index contributed by atoms with van der Waals surface area (Å²) in [5.74, 6) is 0. The third-order valence-corrected chi connectivity index (χ3v) is 9.83. The van der Waals surface area contributed by atoms with Gasteiger partial charge in [-0.2, -0.15) is 0 Å². The van der Waals surface area contributed by atoms with Gasteiger partial charge in [-0.15, -0.1) is 54.1 Å². The molecule has 0 saturated heterocycles. The van der Waals surface area contributed by atoms with Crippen molar-refractivity contribution >= 4 is 43.5 Å². The van der Waals surface area contributed by atoms with Gasteiger partial charge >= 0.3 is 0 Å². The van der Waals surface area contributed by atoms with Gasteiger partial charge in [0.2, 0.25) is 0 Å². The minimum Gasteiger partial charge on any atom is -0.501 e. The zero-order chi connectivity index (χ0) is 39.5. The van der Waals surface area contributed by atoms with E-state index in [0.717, 1.165) is 49.5 Å². The van der Waals surface area contributed by atoms with Gasteiger partial charge in [0.1, 0.15) is 5.58 Å². The van der Waals surface area contributed by atoms with E-state index in [4.69, 9.17) is 8.53 Å². The number of hydrogen-bond donors (Lipinski definition) is 0. The van der Waals surface area contributed by atoms with Crippen molar-refractivity contribution in [1.82, 2.24) is 9.97 Å². The van der Waals surface area contributed by atoms with Crippen LogP contribution in [0.3, 0.4) is 0 Å². The van der Waals surface area contributed by atoms with Gasteiger partial charge in [0.15, 0.2) is 0 Å². The number of furan rings is 1. The minimum absolute atomic E-state index is 0. The fourth-order valence-electron chi connectivity index (χ4n) is 6.76. The maximum Gasteiger partial charge on any atom is 0.121 e. The molecule has 3 aromatic heterocycles. The van der Waals surface area contributed by atoms with Crippen LogP contribution in [0.4, 0.5) is 0 Å². The van der Waals surface area contributed by atoms with Crippen molar-refractivity contribution in [1.29, 1.82) is 0 Å². The standard InChI is InChI=1S/C34H32NO.C15H16N.Ir/c1-20-19-35-30(18-29(20)34(5,6)7)25-10-8-9-24-28-15-22-12-11-21-13-14-23(33(2,3)4)16-26(21)27(22)17-31(28)36-32(24)25;1-15(2,3)13-9-10-16-14(11-13)12-7-5-4-6-8-12;/h8-9,11-19H,1-7H3;4-7,9-11H,1-3H3;/q2*-1;/i1D3;;. The average molecular weight is 876 g/mol. The predicted octanol–water partition coefficient (Wildman–Crippen LogP) is 13.5. The maximum absolute atomic E-state index is 8.02. The zero-order valence-electron chi connectivity index (χ0n) is 35.0. The Balaban J connectivity index is 0.000000263. The first-order valence-corrected chi connectivity index (χ1v) is 18.0. The molecule has 0 aliphatic heterocycles. The van der Waals surface area contributed by atoms with Gasteiger partial charge in [-0.1, -0.05) is 110 Å². The molecule has 4 heteroatoms. The number of aromatic nitrogens is 2. The summed E-state index contributed by atoms with van der Waals surface area (Å²) in [6.45, 7) is 17.2. The molecular formula is C49H48IrN2O-2. The average Bonchev–Trinajstić information content (AvgIpc) is 3.50. The van der Waals surface area contributed by atoms with Crippen LogP contribution in [-0.2, 0) is 36.4 Å². The summed E-state index contributed by atoms with van der Waals surface area (Å²) in [7, 11) is 0. The summed E-state index contributed by atoms with van der Waals surface area (Å²) in [6.07, 6.45) is 3.36. The summed E-state index contributed by atoms with van der Waals surface area (Å²) >= 11 is 0. The fraction of sp³-hybridized carbons (Fsp3) is 0.265. The minimum atomic E-state index is -2.24. The van der Waals surface area contributed by atoms with E-state index in [1.807, 2.05) is 69.4 Å². The van der Waals surface area contributed by atoms with Gasteiger partial charge in [0, 0.05) is 42.0 Å². The number of fused-ring (bicyclic) bond motifs is 6. The van der Waals surface area contributed by atoms with Gasteiger partial charge in [0.05, 0.1) is 5.58 Å². The molecule has 8 rings (SSSR count). The molecule has 3 nitrogen and oxygen atoms in total. The van der Waals surface area contributed by atoms with Crippen LogP contribution in [0.1, 0.15) is 88.7 Å². The first-order valence-electron chi connectivity index (χ1n) is 19.5. The van der Waals surface area contributed by atoms with Gasteiger partial charge in [0.25, 0.3) is 0 Å². The number of rotatable bonds is 2. The summed E-state index contributed by atoms with van der Waals surface area (Å²) in [5, 5.41) is 6.76. The molecule has 0 saturated carbocycles. The van der Waals surface area contributed by atoms with Gasteiger partial charge in [-0.3, -0.25) is 0 Å². The molecule has 0 atom stereocenters. The van der Waals surface area contributed by atoms with E-state index in [2.05, 4.69) is 118 Å². The third kappa shape index (κ3) is 7.72. The molecule has 0 aliphatic carbocycles. The molecule has 5 aromatic carbocycles. The summed E-state index contributed by atoms with van der Waals surface area (Å²) in [4.78, 5) is 8.98. The molecule has 0 unspecified atom stereocenters. The van der Waals surface area contributed by atoms with Gasteiger partial charge in [-0.25, -0.2) is 0 Å². The molecule has 0 amide bonds. The molecule has 0 bridgehead atoms. The van der Waals surface area contributed by atoms with Gasteiger partial charge in [-0.05, 0) is 103 Å². The molecular weight excluding hydrogens is 825 g/mol. The molecule has 8 aromatic rings. The Hall–Kier alpha value is -4.63. The van der Waals surface area contributed by atoms with E-state index in [1.165, 1.54) is 28.1 Å². The number of aryl methyl sites for hydroxylation is 1. The molecule has 3 heterocycles. The topological polar surface area (TPSA) is 38.9 Å². The molecule has 0 fully saturated rings. The quantitative estimate of drug-likeness (QED) is 0.128. The van der Waals surface area contributed by atoms with E-state index in [-0.39, 0.29) is 41.9 Å². The monoisotopic (exact) mass is 876 g/mol. The van der Waals surface area contributed by atoms with Crippen molar-refractivity contribution in [2.24, 2.45) is 0 Å². The Morgan fingerprint density at radius 1 is 0.604 bits per heavy atom. The van der Waals surface area contributed by atoms with E-state index >= 15 is 0 Å². The van der Waals surface area contributed by atoms with E-state index in [0.29, 0.717) is 11.3 Å². The molecule has 53 heavy (non-hydrogen) atoms. The fourth-order valence-corrected chi connectivity index (χ4v) is 6.76. The van der Waals surface area contributed by atoms with Crippen molar-refractivity contribution in [3.8, 4) is 22.5 Å². The third-order valence-electron chi connectivity index (χ3n) is 9.83. The summed E-state index contributed by atoms with van der Waals surface area (Å²) in [5.41, 5.74) is 8.42. The first-order chi connectivity index (χ1) is 25.8. The van der Waals surface area contributed by atoms with Crippen LogP contribution in [0.15, 0.2) is 114 Å². The second kappa shape index (κ2) is 14.3. The Kier molecular flexibility index (Phi) is 9.22. The van der Waals surface area contributed by atoms with Crippen molar-refractivity contribution in [3.05, 3.63) is 144 Å². The first kappa shape index (κ1) is 34.2. The van der Waals surface area contributed by atoms with Crippen LogP contribution >= 0.6 is 0 Å². The maximum atomic E-state index is 8.02. The normalized spacial score (nSPS) is 13.3. The second-order valence-corrected chi connectivity index (χ2v) is 16.8. The van der Waals surface area contributed by atoms with E-state index < -0.39 is 6.85 Å². The largest absolute Gasteiger partial charge is 0.501 e. The Bertz CT molecular complexity index is 2690. The van der Waals surface area contributed by atoms with Gasteiger partial charge < -0.3 is 14.4 Å². The van der Waals surface area contributed by atoms with E-state index in [1.54, 1.807) is 0 Å². The van der Waals surface area contributed by atoms with Crippen molar-refractivity contribution in [2.75, 3.05) is 0 Å². The summed E-state index contributed by atoms with van der Waals surface area (Å²) in [6, 6.07) is 39.9. The van der Waals surface area contributed by atoms with Crippen molar-refractivity contribution in [2.45, 2.75) is 85.4 Å². The smallest absolute Gasteiger partial charge is 0.121 e. The van der Waals surface area contributed by atoms with Crippen LogP contribution in [0.25, 0.3) is 66.0 Å². The number of hydrogen-bond acceptors (Lipinski definition) is 3. The van der Waals surface area contributed by atoms with Crippen molar-refractivity contribution < 1.29 is 28.6 Å². The number of pyridine rings is 2. The number of nitrogens with zero attached hydrogens (tertiary/aromatic N) is 2. The van der Waals surface area contributed by atoms with E-state index in [9.17, 15) is 0 Å². The molecule has 1 radical (unpaired) electrons. The Morgan fingerprint density at radius 3 is 2.02 bits per heavy atom. The number of benzene rings is 5. The predicted molar refractivity (Wildman–Crippen MR) is 220 cm³/mol. The SMILES string of the molecule is CC(C)(C)c1ccnc(-c2[c-]cccc2)c1.[2H]C([2H])([2H])c1cnc(-c2[c-]ccc3c2oc2cc4c(ccc5ccc(C(C)(C)C)cc54)cc23)cc1C(C)(C)C.[Ir]. The Labute approximate surface area is 332 Å². The molecule has 271 valence electrons. The zero-order valence-corrected chi connectivity index (χ0v) is 34.4. The van der Waals surface area contributed by atoms with Crippen LogP contribution in [0.5, 0.6) is 0 Å². The van der Waals surface area contributed by atoms with Crippen LogP contribution in [0.2, 0.25) is 0 Å². The Morgan fingerprint density at radius 2 is 1.32 bits per heavy atom. The van der Waals surface area contributed by atoms with Crippen molar-refractivity contribution in [3.63, 3.8) is 0 Å². The van der Waals surface area contributed by atoms with Crippen LogP contribution in [0, 0.1) is 19.0 Å². The molecule has 0 N–H and O–H groups in total. The van der Waals surface area contributed by atoms with Crippen LogP contribution in [-0.4, -0.2) is 9.97 Å². The summed E-state index contributed by atoms with van der Waals surface area (Å²) < 4.78 is 30.6.